The highest BCUT2D eigenvalue weighted by Gasteiger charge is 2.38. The van der Waals surface area contributed by atoms with Crippen molar-refractivity contribution in [3.05, 3.63) is 65.7 Å². The summed E-state index contributed by atoms with van der Waals surface area (Å²) in [5.74, 6) is 1.42. The molecule has 4 rings (SSSR count). The Balaban J connectivity index is 1.67. The Morgan fingerprint density at radius 2 is 1.87 bits per heavy atom. The highest BCUT2D eigenvalue weighted by molar-refractivity contribution is 7.89. The van der Waals surface area contributed by atoms with E-state index >= 15 is 0 Å². The minimum Gasteiger partial charge on any atom is -0.494 e. The van der Waals surface area contributed by atoms with Crippen LogP contribution < -0.4 is 14.8 Å². The van der Waals surface area contributed by atoms with Crippen LogP contribution in [0.2, 0.25) is 0 Å². The topological polar surface area (TPSA) is 67.4 Å². The van der Waals surface area contributed by atoms with Gasteiger partial charge < -0.3 is 10.1 Å². The molecule has 1 aliphatic carbocycles. The molecular formula is C24H30N2O3S. The maximum absolute atomic E-state index is 12.8. The third-order valence-electron chi connectivity index (χ3n) is 5.64. The van der Waals surface area contributed by atoms with Crippen LogP contribution in [0.25, 0.3) is 0 Å². The molecule has 0 radical (unpaired) electrons. The first kappa shape index (κ1) is 20.9. The lowest BCUT2D eigenvalue weighted by Crippen LogP contribution is -2.40. The van der Waals surface area contributed by atoms with Crippen LogP contribution in [0.3, 0.4) is 0 Å². The summed E-state index contributed by atoms with van der Waals surface area (Å²) in [6, 6.07) is 13.9. The van der Waals surface area contributed by atoms with Gasteiger partial charge in [0.25, 0.3) is 0 Å². The molecule has 0 aromatic heterocycles. The summed E-state index contributed by atoms with van der Waals surface area (Å²) >= 11 is 0. The molecule has 2 aromatic rings. The molecule has 2 aliphatic rings. The van der Waals surface area contributed by atoms with E-state index < -0.39 is 15.6 Å². The lowest BCUT2D eigenvalue weighted by Gasteiger charge is -2.37. The lowest BCUT2D eigenvalue weighted by molar-refractivity contribution is 0.340. The Morgan fingerprint density at radius 3 is 2.53 bits per heavy atom. The zero-order valence-corrected chi connectivity index (χ0v) is 18.8. The molecule has 0 spiro atoms. The van der Waals surface area contributed by atoms with Gasteiger partial charge in [0, 0.05) is 17.1 Å². The Hall–Kier alpha value is -2.31. The number of allylic oxidation sites excluding steroid dienone is 2. The average Bonchev–Trinajstić information content (AvgIpc) is 3.16. The molecular weight excluding hydrogens is 396 g/mol. The van der Waals surface area contributed by atoms with Gasteiger partial charge >= 0.3 is 0 Å². The van der Waals surface area contributed by atoms with Crippen molar-refractivity contribution in [2.45, 2.75) is 56.5 Å². The summed E-state index contributed by atoms with van der Waals surface area (Å²) in [7, 11) is -3.57. The van der Waals surface area contributed by atoms with E-state index in [1.54, 1.807) is 6.07 Å². The number of anilines is 1. The second-order valence-corrected chi connectivity index (χ2v) is 10.8. The van der Waals surface area contributed by atoms with Crippen molar-refractivity contribution in [1.82, 2.24) is 4.72 Å². The first-order valence-corrected chi connectivity index (χ1v) is 12.0. The van der Waals surface area contributed by atoms with E-state index in [1.165, 1.54) is 5.56 Å². The number of rotatable bonds is 5. The van der Waals surface area contributed by atoms with Gasteiger partial charge in [0.1, 0.15) is 5.75 Å². The van der Waals surface area contributed by atoms with E-state index in [4.69, 9.17) is 4.74 Å². The first-order chi connectivity index (χ1) is 14.2. The van der Waals surface area contributed by atoms with E-state index in [0.717, 1.165) is 23.4 Å². The highest BCUT2D eigenvalue weighted by Crippen LogP contribution is 2.50. The Kier molecular flexibility index (Phi) is 5.41. The molecule has 0 saturated carbocycles. The summed E-state index contributed by atoms with van der Waals surface area (Å²) in [6.07, 6.45) is 5.40. The summed E-state index contributed by atoms with van der Waals surface area (Å²) in [6.45, 7) is 8.18. The van der Waals surface area contributed by atoms with Crippen LogP contribution in [0.15, 0.2) is 59.5 Å². The number of ether oxygens (including phenoxy) is 1. The number of hydrogen-bond acceptors (Lipinski definition) is 4. The number of benzene rings is 2. The molecule has 0 fully saturated rings. The molecule has 1 heterocycles. The van der Waals surface area contributed by atoms with E-state index in [1.807, 2.05) is 52.0 Å². The fourth-order valence-corrected chi connectivity index (χ4v) is 5.92. The van der Waals surface area contributed by atoms with E-state index in [2.05, 4.69) is 34.3 Å². The third kappa shape index (κ3) is 4.12. The number of sulfonamides is 1. The van der Waals surface area contributed by atoms with E-state index in [0.29, 0.717) is 17.4 Å². The third-order valence-corrected chi connectivity index (χ3v) is 7.39. The molecule has 3 atom stereocenters. The Morgan fingerprint density at radius 1 is 1.13 bits per heavy atom. The molecule has 3 unspecified atom stereocenters. The predicted molar refractivity (Wildman–Crippen MR) is 120 cm³/mol. The maximum Gasteiger partial charge on any atom is 0.241 e. The molecule has 30 heavy (non-hydrogen) atoms. The highest BCUT2D eigenvalue weighted by atomic mass is 32.2. The molecule has 0 saturated heterocycles. The van der Waals surface area contributed by atoms with Gasteiger partial charge in [-0.3, -0.25) is 0 Å². The lowest BCUT2D eigenvalue weighted by atomic mass is 9.77. The van der Waals surface area contributed by atoms with Gasteiger partial charge in [-0.15, -0.1) is 0 Å². The zero-order valence-electron chi connectivity index (χ0n) is 18.0. The fourth-order valence-electron chi connectivity index (χ4n) is 4.47. The van der Waals surface area contributed by atoms with E-state index in [-0.39, 0.29) is 12.0 Å². The minimum absolute atomic E-state index is 0.170. The van der Waals surface area contributed by atoms with Crippen molar-refractivity contribution in [3.8, 4) is 5.75 Å². The van der Waals surface area contributed by atoms with Gasteiger partial charge in [0.15, 0.2) is 0 Å². The van der Waals surface area contributed by atoms with Crippen LogP contribution in [0.5, 0.6) is 5.75 Å². The van der Waals surface area contributed by atoms with Gasteiger partial charge in [0.2, 0.25) is 10.0 Å². The minimum atomic E-state index is -3.57. The van der Waals surface area contributed by atoms with Crippen molar-refractivity contribution >= 4 is 15.7 Å². The molecule has 160 valence electrons. The smallest absolute Gasteiger partial charge is 0.241 e. The van der Waals surface area contributed by atoms with Crippen LogP contribution in [0.1, 0.15) is 57.2 Å². The van der Waals surface area contributed by atoms with E-state index in [9.17, 15) is 8.42 Å². The molecule has 2 aromatic carbocycles. The summed E-state index contributed by atoms with van der Waals surface area (Å²) < 4.78 is 34.0. The fraction of sp³-hybridized carbons (Fsp3) is 0.417. The Bertz CT molecular complexity index is 1050. The van der Waals surface area contributed by atoms with Crippen molar-refractivity contribution in [2.24, 2.45) is 5.92 Å². The van der Waals surface area contributed by atoms with Crippen LogP contribution in [0, 0.1) is 5.92 Å². The SMILES string of the molecule is CCOc1ccc(C2Nc3ccc(S(=O)(=O)NC(C)(C)C)cc3C3C=CCC32)cc1. The normalized spacial score (nSPS) is 22.9. The molecule has 0 bridgehead atoms. The standard InChI is InChI=1S/C24H30N2O3S/c1-5-29-17-11-9-16(10-12-17)23-20-8-6-7-19(20)21-15-18(13-14-22(21)25-23)30(27,28)26-24(2,3)4/h6-7,9-15,19-20,23,25-26H,5,8H2,1-4H3. The quantitative estimate of drug-likeness (QED) is 0.661. The van der Waals surface area contributed by atoms with Gasteiger partial charge in [-0.25, -0.2) is 13.1 Å². The first-order valence-electron chi connectivity index (χ1n) is 10.5. The summed E-state index contributed by atoms with van der Waals surface area (Å²) in [5, 5.41) is 3.67. The summed E-state index contributed by atoms with van der Waals surface area (Å²) in [4.78, 5) is 0.316. The van der Waals surface area contributed by atoms with Gasteiger partial charge in [-0.1, -0.05) is 24.3 Å². The number of fused-ring (bicyclic) bond motifs is 3. The van der Waals surface area contributed by atoms with Crippen LogP contribution >= 0.6 is 0 Å². The molecule has 5 nitrogen and oxygen atoms in total. The van der Waals surface area contributed by atoms with Crippen LogP contribution in [-0.4, -0.2) is 20.6 Å². The largest absolute Gasteiger partial charge is 0.494 e. The Labute approximate surface area is 179 Å². The second-order valence-electron chi connectivity index (χ2n) is 9.08. The van der Waals surface area contributed by atoms with Crippen molar-refractivity contribution in [1.29, 1.82) is 0 Å². The van der Waals surface area contributed by atoms with Crippen molar-refractivity contribution in [3.63, 3.8) is 0 Å². The number of hydrogen-bond donors (Lipinski definition) is 2. The van der Waals surface area contributed by atoms with Crippen molar-refractivity contribution in [2.75, 3.05) is 11.9 Å². The second kappa shape index (κ2) is 7.75. The average molecular weight is 427 g/mol. The zero-order chi connectivity index (χ0) is 21.5. The van der Waals surface area contributed by atoms with Gasteiger partial charge in [0.05, 0.1) is 17.5 Å². The molecule has 2 N–H and O–H groups in total. The maximum atomic E-state index is 12.8. The molecule has 1 aliphatic heterocycles. The van der Waals surface area contributed by atoms with Crippen LogP contribution in [0.4, 0.5) is 5.69 Å². The summed E-state index contributed by atoms with van der Waals surface area (Å²) in [5.41, 5.74) is 2.74. The predicted octanol–water partition coefficient (Wildman–Crippen LogP) is 4.99. The molecule has 0 amide bonds. The molecule has 6 heteroatoms. The monoisotopic (exact) mass is 426 g/mol. The van der Waals surface area contributed by atoms with Crippen molar-refractivity contribution < 1.29 is 13.2 Å². The number of nitrogens with one attached hydrogen (secondary N) is 2. The van der Waals surface area contributed by atoms with Gasteiger partial charge in [-0.05, 0) is 81.5 Å². The van der Waals surface area contributed by atoms with Gasteiger partial charge in [-0.2, -0.15) is 0 Å². The van der Waals surface area contributed by atoms with Crippen LogP contribution in [-0.2, 0) is 10.0 Å².